The zero-order valence-corrected chi connectivity index (χ0v) is 18.1. The Morgan fingerprint density at radius 1 is 1.10 bits per heavy atom. The maximum Gasteiger partial charge on any atom is 0.321 e. The van der Waals surface area contributed by atoms with E-state index in [0.717, 1.165) is 23.0 Å². The van der Waals surface area contributed by atoms with Crippen LogP contribution in [0.5, 0.6) is 0 Å². The summed E-state index contributed by atoms with van der Waals surface area (Å²) >= 11 is 0. The fourth-order valence-corrected chi connectivity index (χ4v) is 4.19. The molecule has 0 unspecified atom stereocenters. The molecule has 2 aromatic carbocycles. The number of nitrogens with zero attached hydrogens (tertiary/aromatic N) is 3. The predicted molar refractivity (Wildman–Crippen MR) is 118 cm³/mol. The van der Waals surface area contributed by atoms with E-state index in [0.29, 0.717) is 19.1 Å². The molecule has 162 valence electrons. The number of fused-ring (bicyclic) bond motifs is 3. The normalized spacial score (nSPS) is 18.3. The highest BCUT2D eigenvalue weighted by Crippen LogP contribution is 2.41. The summed E-state index contributed by atoms with van der Waals surface area (Å²) in [5, 5.41) is 0. The van der Waals surface area contributed by atoms with Gasteiger partial charge in [0.1, 0.15) is 0 Å². The molecule has 1 aromatic heterocycles. The molecule has 0 saturated heterocycles. The quantitative estimate of drug-likeness (QED) is 0.432. The van der Waals surface area contributed by atoms with Crippen molar-refractivity contribution in [3.8, 4) is 0 Å². The van der Waals surface area contributed by atoms with E-state index in [1.54, 1.807) is 18.9 Å². The fourth-order valence-electron chi connectivity index (χ4n) is 4.19. The first-order valence-electron chi connectivity index (χ1n) is 10.6. The Labute approximate surface area is 181 Å². The monoisotopic (exact) mass is 421 g/mol. The topological polar surface area (TPSA) is 73.7 Å². The molecule has 1 aliphatic heterocycles. The molecule has 0 bridgehead atoms. The summed E-state index contributed by atoms with van der Waals surface area (Å²) in [4.78, 5) is 33.0. The number of esters is 1. The molecule has 0 aliphatic carbocycles. The van der Waals surface area contributed by atoms with Gasteiger partial charge in [0.2, 0.25) is 11.9 Å². The number of imidazole rings is 1. The molecule has 2 atom stereocenters. The molecule has 2 heterocycles. The summed E-state index contributed by atoms with van der Waals surface area (Å²) in [5.41, 5.74) is 3.70. The number of amides is 1. The van der Waals surface area contributed by atoms with Gasteiger partial charge < -0.3 is 14.0 Å². The third-order valence-electron chi connectivity index (χ3n) is 5.73. The van der Waals surface area contributed by atoms with Crippen LogP contribution in [-0.2, 0) is 25.5 Å². The minimum absolute atomic E-state index is 0.208. The first-order valence-corrected chi connectivity index (χ1v) is 10.6. The van der Waals surface area contributed by atoms with E-state index in [2.05, 4.69) is 6.92 Å². The Morgan fingerprint density at radius 3 is 2.52 bits per heavy atom. The van der Waals surface area contributed by atoms with Crippen molar-refractivity contribution in [2.75, 3.05) is 31.8 Å². The molecule has 0 radical (unpaired) electrons. The summed E-state index contributed by atoms with van der Waals surface area (Å²) in [6, 6.07) is 15.2. The van der Waals surface area contributed by atoms with Crippen LogP contribution >= 0.6 is 0 Å². The van der Waals surface area contributed by atoms with Gasteiger partial charge in [0.05, 0.1) is 36.8 Å². The second kappa shape index (κ2) is 8.89. The molecule has 1 amide bonds. The molecule has 0 saturated carbocycles. The highest BCUT2D eigenvalue weighted by Gasteiger charge is 2.47. The van der Waals surface area contributed by atoms with Gasteiger partial charge in [0.25, 0.3) is 0 Å². The zero-order valence-electron chi connectivity index (χ0n) is 18.1. The summed E-state index contributed by atoms with van der Waals surface area (Å²) in [5.74, 6) is -1.33. The van der Waals surface area contributed by atoms with Crippen LogP contribution in [0.3, 0.4) is 0 Å². The van der Waals surface area contributed by atoms with Crippen molar-refractivity contribution in [1.29, 1.82) is 0 Å². The van der Waals surface area contributed by atoms with E-state index in [1.807, 2.05) is 53.1 Å². The summed E-state index contributed by atoms with van der Waals surface area (Å²) in [7, 11) is 1.58. The number of carbonyl (C=O) groups is 2. The van der Waals surface area contributed by atoms with Crippen LogP contribution in [0.4, 0.5) is 5.95 Å². The molecule has 7 nitrogen and oxygen atoms in total. The van der Waals surface area contributed by atoms with Crippen molar-refractivity contribution in [3.05, 3.63) is 59.7 Å². The Bertz CT molecular complexity index is 1090. The third-order valence-corrected chi connectivity index (χ3v) is 5.73. The van der Waals surface area contributed by atoms with Crippen molar-refractivity contribution >= 4 is 28.9 Å². The Morgan fingerprint density at radius 2 is 1.84 bits per heavy atom. The minimum Gasteiger partial charge on any atom is -0.465 e. The first kappa shape index (κ1) is 21.1. The number of carbonyl (C=O) groups excluding carboxylic acids is 2. The summed E-state index contributed by atoms with van der Waals surface area (Å²) < 4.78 is 12.6. The van der Waals surface area contributed by atoms with Gasteiger partial charge in [-0.15, -0.1) is 0 Å². The van der Waals surface area contributed by atoms with E-state index < -0.39 is 17.9 Å². The lowest BCUT2D eigenvalue weighted by Crippen LogP contribution is -2.51. The average Bonchev–Trinajstić information content (AvgIpc) is 3.17. The molecule has 0 N–H and O–H groups in total. The maximum absolute atomic E-state index is 13.6. The van der Waals surface area contributed by atoms with Gasteiger partial charge in [-0.25, -0.2) is 4.98 Å². The first-order chi connectivity index (χ1) is 15.1. The van der Waals surface area contributed by atoms with Gasteiger partial charge in [-0.3, -0.25) is 14.5 Å². The molecule has 3 aromatic rings. The van der Waals surface area contributed by atoms with Crippen LogP contribution in [0.15, 0.2) is 48.5 Å². The summed E-state index contributed by atoms with van der Waals surface area (Å²) in [6.07, 6.45) is 0.912. The highest BCUT2D eigenvalue weighted by molar-refractivity contribution is 6.08. The van der Waals surface area contributed by atoms with Crippen molar-refractivity contribution < 1.29 is 19.1 Å². The number of aryl methyl sites for hydroxylation is 1. The predicted octanol–water partition coefficient (Wildman–Crippen LogP) is 3.36. The zero-order chi connectivity index (χ0) is 22.0. The Balaban J connectivity index is 1.95. The molecule has 0 spiro atoms. The van der Waals surface area contributed by atoms with Crippen LogP contribution in [-0.4, -0.2) is 48.3 Å². The molecular weight excluding hydrogens is 394 g/mol. The van der Waals surface area contributed by atoms with Crippen LogP contribution in [0, 0.1) is 5.92 Å². The smallest absolute Gasteiger partial charge is 0.321 e. The van der Waals surface area contributed by atoms with Gasteiger partial charge in [0.15, 0.2) is 5.92 Å². The molecular formula is C24H27N3O4. The molecule has 1 aliphatic rings. The Kier molecular flexibility index (Phi) is 6.04. The number of benzene rings is 2. The second-order valence-corrected chi connectivity index (χ2v) is 7.52. The largest absolute Gasteiger partial charge is 0.465 e. The minimum atomic E-state index is -1.01. The van der Waals surface area contributed by atoms with Crippen LogP contribution in [0.25, 0.3) is 11.0 Å². The lowest BCUT2D eigenvalue weighted by Gasteiger charge is -2.37. The standard InChI is InChI=1S/C24H27N3O4/c1-4-16-10-12-17(13-11-16)21-20(23(29)31-5-2)22(28)26(14-15-30-3)24-25-18-8-6-7-9-19(18)27(21)24/h6-13,20-21H,4-5,14-15H2,1-3H3/t20-,21-/m1/s1. The lowest BCUT2D eigenvalue weighted by molar-refractivity contribution is -0.153. The molecule has 7 heteroatoms. The number of hydrogen-bond donors (Lipinski definition) is 0. The number of para-hydroxylation sites is 2. The van der Waals surface area contributed by atoms with Crippen molar-refractivity contribution in [2.24, 2.45) is 5.92 Å². The number of anilines is 1. The molecule has 0 fully saturated rings. The van der Waals surface area contributed by atoms with Gasteiger partial charge in [-0.1, -0.05) is 43.3 Å². The van der Waals surface area contributed by atoms with E-state index in [9.17, 15) is 9.59 Å². The van der Waals surface area contributed by atoms with E-state index in [1.165, 1.54) is 5.56 Å². The van der Waals surface area contributed by atoms with E-state index in [-0.39, 0.29) is 12.5 Å². The van der Waals surface area contributed by atoms with Crippen molar-refractivity contribution in [3.63, 3.8) is 0 Å². The van der Waals surface area contributed by atoms with Crippen LogP contribution in [0.2, 0.25) is 0 Å². The number of methoxy groups -OCH3 is 1. The van der Waals surface area contributed by atoms with Crippen molar-refractivity contribution in [2.45, 2.75) is 26.3 Å². The van der Waals surface area contributed by atoms with Gasteiger partial charge >= 0.3 is 5.97 Å². The summed E-state index contributed by atoms with van der Waals surface area (Å²) in [6.45, 7) is 4.68. The molecule has 4 rings (SSSR count). The number of rotatable bonds is 7. The van der Waals surface area contributed by atoms with E-state index in [4.69, 9.17) is 14.5 Å². The SMILES string of the molecule is CCOC(=O)[C@H]1C(=O)N(CCOC)c2nc3ccccc3n2[C@@H]1c1ccc(CC)cc1. The maximum atomic E-state index is 13.6. The van der Waals surface area contributed by atoms with Crippen LogP contribution in [0.1, 0.15) is 31.0 Å². The second-order valence-electron chi connectivity index (χ2n) is 7.52. The van der Waals surface area contributed by atoms with Crippen molar-refractivity contribution in [1.82, 2.24) is 9.55 Å². The molecule has 31 heavy (non-hydrogen) atoms. The van der Waals surface area contributed by atoms with E-state index >= 15 is 0 Å². The van der Waals surface area contributed by atoms with Gasteiger partial charge in [-0.05, 0) is 36.6 Å². The number of ether oxygens (including phenoxy) is 2. The number of aromatic nitrogens is 2. The van der Waals surface area contributed by atoms with Gasteiger partial charge in [-0.2, -0.15) is 0 Å². The Hall–Kier alpha value is -3.19. The fraction of sp³-hybridized carbons (Fsp3) is 0.375. The van der Waals surface area contributed by atoms with Crippen LogP contribution < -0.4 is 4.90 Å². The average molecular weight is 421 g/mol. The third kappa shape index (κ3) is 3.70. The lowest BCUT2D eigenvalue weighted by atomic mass is 9.89. The number of hydrogen-bond acceptors (Lipinski definition) is 5. The van der Waals surface area contributed by atoms with Gasteiger partial charge in [0, 0.05) is 7.11 Å². The highest BCUT2D eigenvalue weighted by atomic mass is 16.5.